The van der Waals surface area contributed by atoms with E-state index >= 15 is 0 Å². The predicted octanol–water partition coefficient (Wildman–Crippen LogP) is 3.26. The van der Waals surface area contributed by atoms with Gasteiger partial charge in [0.1, 0.15) is 0 Å². The van der Waals surface area contributed by atoms with E-state index in [1.54, 1.807) is 11.3 Å². The molecule has 0 saturated carbocycles. The van der Waals surface area contributed by atoms with E-state index in [-0.39, 0.29) is 12.0 Å². The summed E-state index contributed by atoms with van der Waals surface area (Å²) in [5, 5.41) is 11.3. The van der Waals surface area contributed by atoms with Gasteiger partial charge in [0.2, 0.25) is 0 Å². The number of hydrogen-bond acceptors (Lipinski definition) is 5. The minimum Gasteiger partial charge on any atom is -0.391 e. The average Bonchev–Trinajstić information content (AvgIpc) is 2.76. The van der Waals surface area contributed by atoms with E-state index < -0.39 is 0 Å². The second-order valence-corrected chi connectivity index (χ2v) is 8.73. The molecule has 1 aromatic heterocycles. The van der Waals surface area contributed by atoms with Crippen molar-refractivity contribution in [3.8, 4) is 0 Å². The molecule has 0 spiro atoms. The summed E-state index contributed by atoms with van der Waals surface area (Å²) in [6.07, 6.45) is 0. The normalized spacial score (nSPS) is 24.8. The van der Waals surface area contributed by atoms with E-state index in [9.17, 15) is 5.11 Å². The van der Waals surface area contributed by atoms with Crippen molar-refractivity contribution in [2.75, 3.05) is 17.2 Å². The van der Waals surface area contributed by atoms with Crippen molar-refractivity contribution < 1.29 is 5.11 Å². The Bertz CT molecular complexity index is 439. The average molecular weight is 300 g/mol. The largest absolute Gasteiger partial charge is 0.391 e. The quantitative estimate of drug-likeness (QED) is 0.909. The molecule has 3 nitrogen and oxygen atoms in total. The second-order valence-electron chi connectivity index (χ2n) is 6.19. The van der Waals surface area contributed by atoms with Crippen LogP contribution in [0.1, 0.15) is 45.2 Å². The van der Waals surface area contributed by atoms with Crippen LogP contribution < -0.4 is 4.90 Å². The lowest BCUT2D eigenvalue weighted by molar-refractivity contribution is 0.282. The molecular weight excluding hydrogens is 276 g/mol. The first kappa shape index (κ1) is 15.1. The predicted molar refractivity (Wildman–Crippen MR) is 85.5 cm³/mol. The molecule has 1 aliphatic heterocycles. The zero-order chi connectivity index (χ0) is 14.2. The molecule has 0 amide bonds. The third-order valence-electron chi connectivity index (χ3n) is 3.67. The number of anilines is 1. The highest BCUT2D eigenvalue weighted by Crippen LogP contribution is 2.37. The van der Waals surface area contributed by atoms with Gasteiger partial charge in [0, 0.05) is 29.0 Å². The molecule has 2 rings (SSSR count). The third kappa shape index (κ3) is 3.09. The maximum atomic E-state index is 9.56. The smallest absolute Gasteiger partial charge is 0.186 e. The monoisotopic (exact) mass is 300 g/mol. The molecule has 1 N–H and O–H groups in total. The Kier molecular flexibility index (Phi) is 4.48. The molecule has 0 radical (unpaired) electrons. The minimum absolute atomic E-state index is 0.00773. The van der Waals surface area contributed by atoms with E-state index in [1.165, 1.54) is 0 Å². The fourth-order valence-electron chi connectivity index (χ4n) is 2.36. The molecule has 1 saturated heterocycles. The number of thioether (sulfide) groups is 1. The van der Waals surface area contributed by atoms with E-state index in [2.05, 4.69) is 39.5 Å². The van der Waals surface area contributed by atoms with Gasteiger partial charge in [0.25, 0.3) is 0 Å². The first-order valence-electron chi connectivity index (χ1n) is 6.84. The summed E-state index contributed by atoms with van der Waals surface area (Å²) in [6, 6.07) is 0.504. The van der Waals surface area contributed by atoms with Gasteiger partial charge in [-0.2, -0.15) is 11.8 Å². The van der Waals surface area contributed by atoms with Crippen molar-refractivity contribution in [1.29, 1.82) is 0 Å². The first-order valence-corrected chi connectivity index (χ1v) is 8.70. The van der Waals surface area contributed by atoms with Gasteiger partial charge >= 0.3 is 0 Å². The molecule has 1 fully saturated rings. The van der Waals surface area contributed by atoms with Crippen LogP contribution in [0.4, 0.5) is 5.13 Å². The highest BCUT2D eigenvalue weighted by Gasteiger charge is 2.30. The summed E-state index contributed by atoms with van der Waals surface area (Å²) in [5.41, 5.74) is 1.04. The summed E-state index contributed by atoms with van der Waals surface area (Å²) < 4.78 is 0. The summed E-state index contributed by atoms with van der Waals surface area (Å²) in [5.74, 6) is 1.16. The Balaban J connectivity index is 2.33. The van der Waals surface area contributed by atoms with E-state index in [4.69, 9.17) is 4.98 Å². The van der Waals surface area contributed by atoms with Crippen molar-refractivity contribution in [2.45, 2.75) is 57.9 Å². The summed E-state index contributed by atoms with van der Waals surface area (Å²) in [4.78, 5) is 8.25. The number of thiazole rings is 1. The maximum absolute atomic E-state index is 9.56. The number of aliphatic hydroxyl groups is 1. The molecule has 2 unspecified atom stereocenters. The van der Waals surface area contributed by atoms with Crippen LogP contribution in [0.2, 0.25) is 0 Å². The lowest BCUT2D eigenvalue weighted by Gasteiger charge is -2.37. The van der Waals surface area contributed by atoms with Crippen molar-refractivity contribution in [2.24, 2.45) is 0 Å². The number of aromatic nitrogens is 1. The molecule has 2 heterocycles. The molecule has 1 aromatic rings. The Morgan fingerprint density at radius 2 is 2.05 bits per heavy atom. The lowest BCUT2D eigenvalue weighted by atomic mass is 9.91. The lowest BCUT2D eigenvalue weighted by Crippen LogP contribution is -2.44. The van der Waals surface area contributed by atoms with Gasteiger partial charge < -0.3 is 10.0 Å². The van der Waals surface area contributed by atoms with Gasteiger partial charge in [0.05, 0.1) is 17.2 Å². The van der Waals surface area contributed by atoms with Crippen molar-refractivity contribution in [3.63, 3.8) is 0 Å². The van der Waals surface area contributed by atoms with Gasteiger partial charge in [-0.3, -0.25) is 0 Å². The fraction of sp³-hybridized carbons (Fsp3) is 0.786. The van der Waals surface area contributed by atoms with Crippen LogP contribution >= 0.6 is 23.1 Å². The fourth-order valence-corrected chi connectivity index (χ4v) is 4.70. The van der Waals surface area contributed by atoms with E-state index in [1.807, 2.05) is 11.8 Å². The molecule has 19 heavy (non-hydrogen) atoms. The molecule has 0 aliphatic carbocycles. The number of rotatable bonds is 2. The van der Waals surface area contributed by atoms with E-state index in [0.29, 0.717) is 11.3 Å². The molecule has 2 atom stereocenters. The summed E-state index contributed by atoms with van der Waals surface area (Å²) >= 11 is 3.69. The molecular formula is C14H24N2OS2. The van der Waals surface area contributed by atoms with E-state index in [0.717, 1.165) is 28.0 Å². The van der Waals surface area contributed by atoms with Crippen LogP contribution in [0.3, 0.4) is 0 Å². The Morgan fingerprint density at radius 1 is 1.37 bits per heavy atom. The molecule has 108 valence electrons. The van der Waals surface area contributed by atoms with Crippen LogP contribution in [0.25, 0.3) is 0 Å². The standard InChI is InChI=1S/C14H24N2OS2/c1-9-10(2)18-7-6-16(9)13-15-12(14(3,4)5)11(8-17)19-13/h9-10,17H,6-8H2,1-5H3. The highest BCUT2D eigenvalue weighted by molar-refractivity contribution is 8.00. The van der Waals surface area contributed by atoms with Crippen LogP contribution in [0.15, 0.2) is 0 Å². The summed E-state index contributed by atoms with van der Waals surface area (Å²) in [6.45, 7) is 12.2. The van der Waals surface area contributed by atoms with Crippen molar-refractivity contribution >= 4 is 28.2 Å². The molecule has 0 aromatic carbocycles. The van der Waals surface area contributed by atoms with Crippen LogP contribution in [-0.2, 0) is 12.0 Å². The highest BCUT2D eigenvalue weighted by atomic mass is 32.2. The Morgan fingerprint density at radius 3 is 2.58 bits per heavy atom. The van der Waals surface area contributed by atoms with Gasteiger partial charge in [-0.05, 0) is 6.92 Å². The number of hydrogen-bond donors (Lipinski definition) is 1. The minimum atomic E-state index is -0.00773. The molecule has 5 heteroatoms. The van der Waals surface area contributed by atoms with Crippen molar-refractivity contribution in [1.82, 2.24) is 4.98 Å². The van der Waals surface area contributed by atoms with Crippen LogP contribution in [-0.4, -0.2) is 33.7 Å². The zero-order valence-electron chi connectivity index (χ0n) is 12.4. The zero-order valence-corrected chi connectivity index (χ0v) is 14.1. The van der Waals surface area contributed by atoms with Gasteiger partial charge in [0.15, 0.2) is 5.13 Å². The van der Waals surface area contributed by atoms with Gasteiger partial charge in [-0.1, -0.05) is 39.0 Å². The molecule has 0 bridgehead atoms. The SMILES string of the molecule is CC1SCCN(c2nc(C(C)(C)C)c(CO)s2)C1C. The number of aliphatic hydroxyl groups excluding tert-OH is 1. The first-order chi connectivity index (χ1) is 8.84. The maximum Gasteiger partial charge on any atom is 0.186 e. The topological polar surface area (TPSA) is 36.4 Å². The van der Waals surface area contributed by atoms with Crippen LogP contribution in [0, 0.1) is 0 Å². The Hall–Kier alpha value is -0.260. The van der Waals surface area contributed by atoms with Crippen LogP contribution in [0.5, 0.6) is 0 Å². The van der Waals surface area contributed by atoms with Gasteiger partial charge in [-0.15, -0.1) is 0 Å². The molecule has 1 aliphatic rings. The summed E-state index contributed by atoms with van der Waals surface area (Å²) in [7, 11) is 0. The van der Waals surface area contributed by atoms with Crippen molar-refractivity contribution in [3.05, 3.63) is 10.6 Å². The number of nitrogens with zero attached hydrogens (tertiary/aromatic N) is 2. The second kappa shape index (κ2) is 5.62. The van der Waals surface area contributed by atoms with Gasteiger partial charge in [-0.25, -0.2) is 4.98 Å². The third-order valence-corrected chi connectivity index (χ3v) is 6.08. The Labute approximate surface area is 124 Å².